The van der Waals surface area contributed by atoms with Crippen LogP contribution >= 0.6 is 0 Å². The van der Waals surface area contributed by atoms with Crippen molar-refractivity contribution in [3.8, 4) is 0 Å². The third kappa shape index (κ3) is 2.81. The summed E-state index contributed by atoms with van der Waals surface area (Å²) >= 11 is 0. The van der Waals surface area contributed by atoms with Gasteiger partial charge in [-0.05, 0) is 24.6 Å². The van der Waals surface area contributed by atoms with Gasteiger partial charge >= 0.3 is 0 Å². The molecule has 0 fully saturated rings. The number of rotatable bonds is 3. The van der Waals surface area contributed by atoms with E-state index in [0.717, 1.165) is 11.3 Å². The number of aromatic amines is 1. The van der Waals surface area contributed by atoms with Crippen LogP contribution in [0.5, 0.6) is 0 Å². The van der Waals surface area contributed by atoms with Gasteiger partial charge in [-0.3, -0.25) is 10.2 Å². The van der Waals surface area contributed by atoms with Gasteiger partial charge in [-0.25, -0.2) is 4.98 Å². The molecule has 3 rings (SSSR count). The molecule has 0 aliphatic heterocycles. The Morgan fingerprint density at radius 2 is 1.81 bits per heavy atom. The maximum absolute atomic E-state index is 11.9. The van der Waals surface area contributed by atoms with E-state index in [2.05, 4.69) is 20.5 Å². The second-order valence-corrected chi connectivity index (χ2v) is 4.61. The minimum atomic E-state index is -0.293. The zero-order valence-electron chi connectivity index (χ0n) is 11.5. The van der Waals surface area contributed by atoms with Gasteiger partial charge < -0.3 is 4.98 Å². The minimum Gasteiger partial charge on any atom is -0.317 e. The Morgan fingerprint density at radius 1 is 1.10 bits per heavy atom. The quantitative estimate of drug-likeness (QED) is 0.571. The van der Waals surface area contributed by atoms with Crippen molar-refractivity contribution in [1.82, 2.24) is 9.97 Å². The Hall–Kier alpha value is -2.95. The van der Waals surface area contributed by atoms with Crippen LogP contribution < -0.4 is 11.0 Å². The first-order valence-corrected chi connectivity index (χ1v) is 6.59. The summed E-state index contributed by atoms with van der Waals surface area (Å²) in [5, 5.41) is 4.22. The smallest absolute Gasteiger partial charge is 0.293 e. The van der Waals surface area contributed by atoms with Gasteiger partial charge in [0.25, 0.3) is 5.56 Å². The van der Waals surface area contributed by atoms with Crippen LogP contribution in [0.25, 0.3) is 11.0 Å². The Balaban J connectivity index is 1.92. The lowest BCUT2D eigenvalue weighted by Crippen LogP contribution is -2.14. The number of hydrazone groups is 1. The summed E-state index contributed by atoms with van der Waals surface area (Å²) in [5.74, 6) is 0.184. The van der Waals surface area contributed by atoms with Gasteiger partial charge in [0.1, 0.15) is 0 Å². The molecule has 0 unspecified atom stereocenters. The molecule has 104 valence electrons. The number of anilines is 1. The summed E-state index contributed by atoms with van der Waals surface area (Å²) in [4.78, 5) is 19.0. The van der Waals surface area contributed by atoms with Crippen molar-refractivity contribution in [3.05, 3.63) is 70.5 Å². The van der Waals surface area contributed by atoms with Crippen molar-refractivity contribution in [2.75, 3.05) is 5.43 Å². The maximum atomic E-state index is 11.9. The number of hydrogen-bond acceptors (Lipinski definition) is 4. The molecule has 0 aliphatic carbocycles. The molecule has 21 heavy (non-hydrogen) atoms. The zero-order valence-corrected chi connectivity index (χ0v) is 11.5. The molecule has 1 heterocycles. The number of benzene rings is 2. The monoisotopic (exact) mass is 278 g/mol. The van der Waals surface area contributed by atoms with Gasteiger partial charge in [-0.15, -0.1) is 0 Å². The van der Waals surface area contributed by atoms with Crippen LogP contribution in [-0.2, 0) is 0 Å². The van der Waals surface area contributed by atoms with E-state index >= 15 is 0 Å². The fraction of sp³-hybridized carbons (Fsp3) is 0.0625. The predicted molar refractivity (Wildman–Crippen MR) is 84.6 cm³/mol. The summed E-state index contributed by atoms with van der Waals surface area (Å²) in [6.45, 7) is 1.87. The highest BCUT2D eigenvalue weighted by atomic mass is 16.1. The largest absolute Gasteiger partial charge is 0.317 e. The van der Waals surface area contributed by atoms with Gasteiger partial charge in [0.05, 0.1) is 16.7 Å². The Bertz CT molecular complexity index is 853. The standard InChI is InChI=1S/C16H14N4O/c1-11(12-7-3-2-4-8-12)19-20-15-16(21)18-14-10-6-5-9-13(14)17-15/h2-10H,1H3,(H,17,20)(H,18,21)/b19-11+. The third-order valence-electron chi connectivity index (χ3n) is 3.12. The number of H-pyrrole nitrogens is 1. The van der Waals surface area contributed by atoms with E-state index in [4.69, 9.17) is 0 Å². The predicted octanol–water partition coefficient (Wildman–Crippen LogP) is 2.76. The molecule has 2 aromatic carbocycles. The van der Waals surface area contributed by atoms with Gasteiger partial charge in [0.15, 0.2) is 0 Å². The highest BCUT2D eigenvalue weighted by molar-refractivity contribution is 5.99. The normalized spacial score (nSPS) is 11.6. The number of nitrogens with zero attached hydrogens (tertiary/aromatic N) is 2. The summed E-state index contributed by atoms with van der Waals surface area (Å²) in [6, 6.07) is 17.1. The van der Waals surface area contributed by atoms with E-state index in [-0.39, 0.29) is 11.4 Å². The summed E-state index contributed by atoms with van der Waals surface area (Å²) in [7, 11) is 0. The van der Waals surface area contributed by atoms with E-state index in [1.807, 2.05) is 61.5 Å². The van der Waals surface area contributed by atoms with Crippen LogP contribution in [0.3, 0.4) is 0 Å². The first-order chi connectivity index (χ1) is 10.2. The molecule has 0 amide bonds. The number of aromatic nitrogens is 2. The molecular formula is C16H14N4O. The van der Waals surface area contributed by atoms with E-state index in [1.165, 1.54) is 0 Å². The lowest BCUT2D eigenvalue weighted by atomic mass is 10.1. The number of nitrogens with one attached hydrogen (secondary N) is 2. The van der Waals surface area contributed by atoms with E-state index in [9.17, 15) is 4.79 Å². The molecule has 0 saturated carbocycles. The Morgan fingerprint density at radius 3 is 2.62 bits per heavy atom. The molecule has 3 aromatic rings. The van der Waals surface area contributed by atoms with Crippen molar-refractivity contribution >= 4 is 22.6 Å². The van der Waals surface area contributed by atoms with Crippen LogP contribution in [0.1, 0.15) is 12.5 Å². The van der Waals surface area contributed by atoms with Crippen molar-refractivity contribution in [2.24, 2.45) is 5.10 Å². The summed E-state index contributed by atoms with van der Waals surface area (Å²) in [6.07, 6.45) is 0. The van der Waals surface area contributed by atoms with Crippen molar-refractivity contribution < 1.29 is 0 Å². The Labute approximate surface area is 121 Å². The topological polar surface area (TPSA) is 70.1 Å². The molecule has 0 aliphatic rings. The van der Waals surface area contributed by atoms with Crippen molar-refractivity contribution in [3.63, 3.8) is 0 Å². The molecule has 0 saturated heterocycles. The molecule has 2 N–H and O–H groups in total. The van der Waals surface area contributed by atoms with Gasteiger partial charge in [0.2, 0.25) is 5.82 Å². The summed E-state index contributed by atoms with van der Waals surface area (Å²) < 4.78 is 0. The van der Waals surface area contributed by atoms with Crippen LogP contribution in [0.2, 0.25) is 0 Å². The Kier molecular flexibility index (Phi) is 3.47. The zero-order chi connectivity index (χ0) is 14.7. The van der Waals surface area contributed by atoms with Crippen LogP contribution in [0.15, 0.2) is 64.5 Å². The maximum Gasteiger partial charge on any atom is 0.293 e. The molecule has 5 heteroatoms. The average molecular weight is 278 g/mol. The first kappa shape index (κ1) is 13.1. The molecule has 5 nitrogen and oxygen atoms in total. The van der Waals surface area contributed by atoms with Crippen LogP contribution in [-0.4, -0.2) is 15.7 Å². The van der Waals surface area contributed by atoms with Gasteiger partial charge in [-0.2, -0.15) is 5.10 Å². The van der Waals surface area contributed by atoms with E-state index in [0.29, 0.717) is 11.0 Å². The number of hydrogen-bond donors (Lipinski definition) is 2. The third-order valence-corrected chi connectivity index (χ3v) is 3.12. The minimum absolute atomic E-state index is 0.184. The van der Waals surface area contributed by atoms with Gasteiger partial charge in [0, 0.05) is 0 Å². The molecule has 0 radical (unpaired) electrons. The fourth-order valence-corrected chi connectivity index (χ4v) is 1.99. The van der Waals surface area contributed by atoms with Crippen LogP contribution in [0.4, 0.5) is 5.82 Å². The van der Waals surface area contributed by atoms with E-state index in [1.54, 1.807) is 0 Å². The lowest BCUT2D eigenvalue weighted by Gasteiger charge is -2.03. The molecular weight excluding hydrogens is 264 g/mol. The van der Waals surface area contributed by atoms with Crippen molar-refractivity contribution in [1.29, 1.82) is 0 Å². The highest BCUT2D eigenvalue weighted by Gasteiger charge is 2.03. The lowest BCUT2D eigenvalue weighted by molar-refractivity contribution is 1.16. The first-order valence-electron chi connectivity index (χ1n) is 6.59. The molecule has 1 aromatic heterocycles. The molecule has 0 atom stereocenters. The second-order valence-electron chi connectivity index (χ2n) is 4.61. The van der Waals surface area contributed by atoms with Gasteiger partial charge in [-0.1, -0.05) is 42.5 Å². The molecule has 0 bridgehead atoms. The SMILES string of the molecule is C/C(=N\Nc1nc2ccccc2[nH]c1=O)c1ccccc1. The summed E-state index contributed by atoms with van der Waals surface area (Å²) in [5.41, 5.74) is 5.63. The molecule has 0 spiro atoms. The highest BCUT2D eigenvalue weighted by Crippen LogP contribution is 2.08. The van der Waals surface area contributed by atoms with E-state index < -0.39 is 0 Å². The second kappa shape index (κ2) is 5.58. The average Bonchev–Trinajstić information content (AvgIpc) is 2.53. The van der Waals surface area contributed by atoms with Crippen LogP contribution in [0, 0.1) is 0 Å². The fourth-order valence-electron chi connectivity index (χ4n) is 1.99. The van der Waals surface area contributed by atoms with Crippen molar-refractivity contribution in [2.45, 2.75) is 6.92 Å². The number of para-hydroxylation sites is 2. The number of fused-ring (bicyclic) bond motifs is 1.